The molecule has 0 aromatic heterocycles. The van der Waals surface area contributed by atoms with Gasteiger partial charge in [-0.2, -0.15) is 5.26 Å². The van der Waals surface area contributed by atoms with Crippen molar-refractivity contribution in [2.75, 3.05) is 13.2 Å². The summed E-state index contributed by atoms with van der Waals surface area (Å²) in [7, 11) is 0. The van der Waals surface area contributed by atoms with Crippen LogP contribution in [0.4, 0.5) is 4.39 Å². The van der Waals surface area contributed by atoms with E-state index in [4.69, 9.17) is 15.1 Å². The van der Waals surface area contributed by atoms with Crippen molar-refractivity contribution in [1.29, 1.82) is 5.26 Å². The van der Waals surface area contributed by atoms with E-state index in [2.05, 4.69) is 0 Å². The summed E-state index contributed by atoms with van der Waals surface area (Å²) in [4.78, 5) is 0. The predicted octanol–water partition coefficient (Wildman–Crippen LogP) is 1.07. The molecule has 68 valence electrons. The van der Waals surface area contributed by atoms with Crippen molar-refractivity contribution >= 4 is 0 Å². The third-order valence-electron chi connectivity index (χ3n) is 1.36. The smallest absolute Gasteiger partial charge is 0.128 e. The fraction of sp³-hybridized carbons (Fsp3) is 0.222. The summed E-state index contributed by atoms with van der Waals surface area (Å²) in [6, 6.07) is 5.50. The van der Waals surface area contributed by atoms with Crippen LogP contribution in [-0.4, -0.2) is 18.3 Å². The van der Waals surface area contributed by atoms with E-state index in [1.54, 1.807) is 6.07 Å². The summed E-state index contributed by atoms with van der Waals surface area (Å²) >= 11 is 0. The molecular formula is C9H8FNO2. The van der Waals surface area contributed by atoms with Crippen LogP contribution in [0.1, 0.15) is 5.56 Å². The van der Waals surface area contributed by atoms with Gasteiger partial charge in [-0.1, -0.05) is 0 Å². The molecule has 0 spiro atoms. The van der Waals surface area contributed by atoms with Crippen LogP contribution in [0.5, 0.6) is 5.75 Å². The van der Waals surface area contributed by atoms with Crippen LogP contribution < -0.4 is 4.74 Å². The molecule has 0 bridgehead atoms. The zero-order valence-electron chi connectivity index (χ0n) is 6.83. The van der Waals surface area contributed by atoms with Crippen molar-refractivity contribution in [3.05, 3.63) is 29.6 Å². The summed E-state index contributed by atoms with van der Waals surface area (Å²) in [5, 5.41) is 16.9. The second-order valence-electron chi connectivity index (χ2n) is 2.36. The Morgan fingerprint density at radius 1 is 1.46 bits per heavy atom. The van der Waals surface area contributed by atoms with Crippen LogP contribution in [0.2, 0.25) is 0 Å². The third kappa shape index (κ3) is 2.73. The van der Waals surface area contributed by atoms with E-state index in [0.717, 1.165) is 12.1 Å². The van der Waals surface area contributed by atoms with E-state index in [0.29, 0.717) is 0 Å². The van der Waals surface area contributed by atoms with Crippen molar-refractivity contribution in [2.45, 2.75) is 0 Å². The molecule has 4 heteroatoms. The summed E-state index contributed by atoms with van der Waals surface area (Å²) in [5.41, 5.74) is 0.202. The van der Waals surface area contributed by atoms with Gasteiger partial charge in [-0.3, -0.25) is 0 Å². The van der Waals surface area contributed by atoms with Gasteiger partial charge < -0.3 is 9.84 Å². The number of hydrogen-bond donors (Lipinski definition) is 1. The van der Waals surface area contributed by atoms with E-state index in [-0.39, 0.29) is 24.5 Å². The largest absolute Gasteiger partial charge is 0.491 e. The zero-order chi connectivity index (χ0) is 9.68. The molecule has 13 heavy (non-hydrogen) atoms. The van der Waals surface area contributed by atoms with E-state index in [1.807, 2.05) is 0 Å². The van der Waals surface area contributed by atoms with E-state index in [9.17, 15) is 4.39 Å². The molecule has 0 radical (unpaired) electrons. The molecule has 0 heterocycles. The first-order valence-corrected chi connectivity index (χ1v) is 3.70. The standard InChI is InChI=1S/C9H8FNO2/c10-8-3-7(6-11)4-9(5-8)13-2-1-12/h3-5,12H,1-2H2. The Morgan fingerprint density at radius 2 is 2.23 bits per heavy atom. The number of nitrogens with zero attached hydrogens (tertiary/aromatic N) is 1. The normalized spacial score (nSPS) is 9.31. The molecule has 0 saturated carbocycles. The van der Waals surface area contributed by atoms with Gasteiger partial charge in [0.05, 0.1) is 18.2 Å². The van der Waals surface area contributed by atoms with E-state index in [1.165, 1.54) is 6.07 Å². The minimum atomic E-state index is -0.521. The Bertz CT molecular complexity index is 333. The van der Waals surface area contributed by atoms with E-state index >= 15 is 0 Å². The average Bonchev–Trinajstić information content (AvgIpc) is 2.14. The van der Waals surface area contributed by atoms with Crippen LogP contribution in [0.15, 0.2) is 18.2 Å². The van der Waals surface area contributed by atoms with Crippen LogP contribution in [0, 0.1) is 17.1 Å². The van der Waals surface area contributed by atoms with Gasteiger partial charge in [0.25, 0.3) is 0 Å². The number of rotatable bonds is 3. The summed E-state index contributed by atoms with van der Waals surface area (Å²) < 4.78 is 17.7. The van der Waals surface area contributed by atoms with Crippen molar-refractivity contribution in [1.82, 2.24) is 0 Å². The van der Waals surface area contributed by atoms with Crippen LogP contribution >= 0.6 is 0 Å². The highest BCUT2D eigenvalue weighted by molar-refractivity contribution is 5.36. The fourth-order valence-corrected chi connectivity index (χ4v) is 0.874. The summed E-state index contributed by atoms with van der Waals surface area (Å²) in [6.07, 6.45) is 0. The highest BCUT2D eigenvalue weighted by atomic mass is 19.1. The van der Waals surface area contributed by atoms with Crippen molar-refractivity contribution in [2.24, 2.45) is 0 Å². The molecule has 1 aromatic rings. The number of aliphatic hydroxyl groups excluding tert-OH is 1. The SMILES string of the molecule is N#Cc1cc(F)cc(OCCO)c1. The Morgan fingerprint density at radius 3 is 2.85 bits per heavy atom. The highest BCUT2D eigenvalue weighted by Gasteiger charge is 2.00. The van der Waals surface area contributed by atoms with Crippen molar-refractivity contribution < 1.29 is 14.2 Å². The topological polar surface area (TPSA) is 53.2 Å². The highest BCUT2D eigenvalue weighted by Crippen LogP contribution is 2.15. The maximum atomic E-state index is 12.7. The van der Waals surface area contributed by atoms with Gasteiger partial charge in [-0.05, 0) is 12.1 Å². The molecule has 0 aliphatic rings. The molecule has 0 saturated heterocycles. The molecule has 1 rings (SSSR count). The van der Waals surface area contributed by atoms with Gasteiger partial charge in [0.1, 0.15) is 18.2 Å². The summed E-state index contributed by atoms with van der Waals surface area (Å²) in [6.45, 7) is -0.0489. The lowest BCUT2D eigenvalue weighted by molar-refractivity contribution is 0.201. The Kier molecular flexibility index (Phi) is 3.23. The molecule has 0 aliphatic carbocycles. The number of halogens is 1. The van der Waals surface area contributed by atoms with Crippen LogP contribution in [0.25, 0.3) is 0 Å². The van der Waals surface area contributed by atoms with Crippen molar-refractivity contribution in [3.8, 4) is 11.8 Å². The van der Waals surface area contributed by atoms with Gasteiger partial charge in [0.15, 0.2) is 0 Å². The van der Waals surface area contributed by atoms with Crippen LogP contribution in [0.3, 0.4) is 0 Å². The van der Waals surface area contributed by atoms with E-state index < -0.39 is 5.82 Å². The maximum absolute atomic E-state index is 12.7. The minimum Gasteiger partial charge on any atom is -0.491 e. The molecular weight excluding hydrogens is 173 g/mol. The van der Waals surface area contributed by atoms with Gasteiger partial charge in [0.2, 0.25) is 0 Å². The monoisotopic (exact) mass is 181 g/mol. The number of benzene rings is 1. The third-order valence-corrected chi connectivity index (χ3v) is 1.36. The van der Waals surface area contributed by atoms with Crippen molar-refractivity contribution in [3.63, 3.8) is 0 Å². The first-order chi connectivity index (χ1) is 6.26. The van der Waals surface area contributed by atoms with Crippen LogP contribution in [-0.2, 0) is 0 Å². The number of hydrogen-bond acceptors (Lipinski definition) is 3. The first kappa shape index (κ1) is 9.49. The molecule has 0 fully saturated rings. The number of nitriles is 1. The molecule has 0 unspecified atom stereocenters. The fourth-order valence-electron chi connectivity index (χ4n) is 0.874. The minimum absolute atomic E-state index is 0.0916. The molecule has 1 N–H and O–H groups in total. The lowest BCUT2D eigenvalue weighted by Crippen LogP contribution is -2.01. The Hall–Kier alpha value is -1.60. The first-order valence-electron chi connectivity index (χ1n) is 3.70. The molecule has 0 amide bonds. The van der Waals surface area contributed by atoms with Gasteiger partial charge in [-0.25, -0.2) is 4.39 Å². The Labute approximate surface area is 75.0 Å². The Balaban J connectivity index is 2.83. The molecule has 0 atom stereocenters. The average molecular weight is 181 g/mol. The second kappa shape index (κ2) is 4.43. The maximum Gasteiger partial charge on any atom is 0.128 e. The van der Waals surface area contributed by atoms with Gasteiger partial charge >= 0.3 is 0 Å². The predicted molar refractivity (Wildman–Crippen MR) is 43.7 cm³/mol. The zero-order valence-corrected chi connectivity index (χ0v) is 6.83. The van der Waals surface area contributed by atoms with Gasteiger partial charge in [-0.15, -0.1) is 0 Å². The second-order valence-corrected chi connectivity index (χ2v) is 2.36. The molecule has 3 nitrogen and oxygen atoms in total. The summed E-state index contributed by atoms with van der Waals surface area (Å²) in [5.74, 6) is -0.266. The number of aliphatic hydroxyl groups is 1. The number of ether oxygens (including phenoxy) is 1. The lowest BCUT2D eigenvalue weighted by Gasteiger charge is -2.03. The molecule has 0 aliphatic heterocycles. The molecule has 1 aromatic carbocycles. The lowest BCUT2D eigenvalue weighted by atomic mass is 10.2. The quantitative estimate of drug-likeness (QED) is 0.758. The van der Waals surface area contributed by atoms with Gasteiger partial charge in [0, 0.05) is 6.07 Å².